The number of hydrogen-bond donors (Lipinski definition) is 0. The Balaban J connectivity index is 1.50. The predicted molar refractivity (Wildman–Crippen MR) is 93.5 cm³/mol. The van der Waals surface area contributed by atoms with Crippen LogP contribution < -0.4 is 4.90 Å². The zero-order chi connectivity index (χ0) is 17.6. The van der Waals surface area contributed by atoms with E-state index < -0.39 is 0 Å². The van der Waals surface area contributed by atoms with Crippen molar-refractivity contribution in [3.8, 4) is 6.07 Å². The molecule has 0 radical (unpaired) electrons. The quantitative estimate of drug-likeness (QED) is 0.714. The van der Waals surface area contributed by atoms with Crippen molar-refractivity contribution in [1.82, 2.24) is 0 Å². The Morgan fingerprint density at radius 3 is 2.64 bits per heavy atom. The fraction of sp³-hybridized carbons (Fsp3) is 0.550. The molecule has 5 heteroatoms. The van der Waals surface area contributed by atoms with Crippen molar-refractivity contribution in [2.24, 2.45) is 17.8 Å². The number of hydrogen-bond acceptors (Lipinski definition) is 4. The molecule has 25 heavy (non-hydrogen) atoms. The van der Waals surface area contributed by atoms with Crippen LogP contribution in [-0.4, -0.2) is 25.0 Å². The molecule has 0 heterocycles. The van der Waals surface area contributed by atoms with E-state index in [9.17, 15) is 9.59 Å². The Morgan fingerprint density at radius 2 is 2.00 bits per heavy atom. The Bertz CT molecular complexity index is 653. The van der Waals surface area contributed by atoms with Crippen molar-refractivity contribution in [3.63, 3.8) is 0 Å². The summed E-state index contributed by atoms with van der Waals surface area (Å²) in [7, 11) is 0. The van der Waals surface area contributed by atoms with Gasteiger partial charge in [0.1, 0.15) is 0 Å². The number of anilines is 1. The minimum Gasteiger partial charge on any atom is -0.456 e. The van der Waals surface area contributed by atoms with Crippen LogP contribution in [0.1, 0.15) is 38.5 Å². The first-order valence-electron chi connectivity index (χ1n) is 9.05. The molecule has 5 nitrogen and oxygen atoms in total. The fourth-order valence-electron chi connectivity index (χ4n) is 4.29. The first kappa shape index (κ1) is 17.5. The summed E-state index contributed by atoms with van der Waals surface area (Å²) < 4.78 is 5.24. The zero-order valence-corrected chi connectivity index (χ0v) is 14.4. The molecule has 2 aliphatic carbocycles. The molecule has 2 aliphatic rings. The van der Waals surface area contributed by atoms with Crippen molar-refractivity contribution in [2.75, 3.05) is 18.1 Å². The van der Waals surface area contributed by atoms with Gasteiger partial charge in [0.15, 0.2) is 6.61 Å². The molecule has 1 aromatic carbocycles. The highest BCUT2D eigenvalue weighted by Gasteiger charge is 2.40. The van der Waals surface area contributed by atoms with Crippen LogP contribution in [0.2, 0.25) is 0 Å². The average molecular weight is 340 g/mol. The molecular weight excluding hydrogens is 316 g/mol. The number of para-hydroxylation sites is 1. The Hall–Kier alpha value is -2.35. The third-order valence-corrected chi connectivity index (χ3v) is 5.49. The number of carbonyl (C=O) groups excluding carboxylic acids is 2. The topological polar surface area (TPSA) is 70.4 Å². The summed E-state index contributed by atoms with van der Waals surface area (Å²) in [5.41, 5.74) is 0.715. The maximum atomic E-state index is 12.5. The summed E-state index contributed by atoms with van der Waals surface area (Å²) in [6, 6.07) is 11.2. The van der Waals surface area contributed by atoms with Gasteiger partial charge in [-0.3, -0.25) is 9.59 Å². The molecule has 0 saturated heterocycles. The largest absolute Gasteiger partial charge is 0.456 e. The second-order valence-electron chi connectivity index (χ2n) is 7.09. The highest BCUT2D eigenvalue weighted by atomic mass is 16.5. The summed E-state index contributed by atoms with van der Waals surface area (Å²) in [6.45, 7) is 0.0310. The second-order valence-corrected chi connectivity index (χ2v) is 7.09. The van der Waals surface area contributed by atoms with Gasteiger partial charge in [0.2, 0.25) is 0 Å². The summed E-state index contributed by atoms with van der Waals surface area (Å²) in [4.78, 5) is 26.1. The van der Waals surface area contributed by atoms with Gasteiger partial charge >= 0.3 is 5.97 Å². The van der Waals surface area contributed by atoms with E-state index in [1.165, 1.54) is 24.2 Å². The lowest BCUT2D eigenvalue weighted by Gasteiger charge is -2.23. The van der Waals surface area contributed by atoms with Crippen molar-refractivity contribution in [1.29, 1.82) is 5.26 Å². The van der Waals surface area contributed by atoms with Crippen LogP contribution in [0.15, 0.2) is 30.3 Å². The maximum Gasteiger partial charge on any atom is 0.306 e. The van der Waals surface area contributed by atoms with Gasteiger partial charge in [0.25, 0.3) is 5.91 Å². The molecule has 2 bridgehead atoms. The van der Waals surface area contributed by atoms with Crippen molar-refractivity contribution in [2.45, 2.75) is 38.5 Å². The smallest absolute Gasteiger partial charge is 0.306 e. The molecule has 132 valence electrons. The van der Waals surface area contributed by atoms with Gasteiger partial charge in [0, 0.05) is 18.7 Å². The van der Waals surface area contributed by atoms with Gasteiger partial charge in [-0.25, -0.2) is 0 Å². The lowest BCUT2D eigenvalue weighted by Crippen LogP contribution is -2.35. The van der Waals surface area contributed by atoms with Crippen LogP contribution in [0.5, 0.6) is 0 Å². The van der Waals surface area contributed by atoms with Crippen molar-refractivity contribution < 1.29 is 14.3 Å². The Kier molecular flexibility index (Phi) is 5.70. The molecule has 3 atom stereocenters. The Labute approximate surface area is 148 Å². The van der Waals surface area contributed by atoms with E-state index in [0.29, 0.717) is 30.5 Å². The van der Waals surface area contributed by atoms with Crippen LogP contribution in [0, 0.1) is 29.1 Å². The minimum absolute atomic E-state index is 0.236. The number of fused-ring (bicyclic) bond motifs is 2. The molecule has 2 saturated carbocycles. The molecule has 1 aromatic rings. The number of esters is 1. The molecule has 1 amide bonds. The van der Waals surface area contributed by atoms with Gasteiger partial charge in [-0.1, -0.05) is 24.6 Å². The van der Waals surface area contributed by atoms with E-state index in [-0.39, 0.29) is 24.9 Å². The van der Waals surface area contributed by atoms with E-state index >= 15 is 0 Å². The minimum atomic E-state index is -0.289. The molecule has 0 unspecified atom stereocenters. The molecule has 2 fully saturated rings. The van der Waals surface area contributed by atoms with Crippen molar-refractivity contribution in [3.05, 3.63) is 30.3 Å². The average Bonchev–Trinajstić information content (AvgIpc) is 3.24. The standard InChI is InChI=1S/C20H24N2O3/c21-9-4-10-22(18-5-2-1-3-6-18)19(23)14-25-20(24)13-17-12-15-7-8-16(17)11-15/h1-3,5-6,15-17H,4,7-8,10-14H2/t15-,16+,17-/m0/s1. The van der Waals surface area contributed by atoms with E-state index in [0.717, 1.165) is 12.3 Å². The highest BCUT2D eigenvalue weighted by molar-refractivity contribution is 5.95. The lowest BCUT2D eigenvalue weighted by molar-refractivity contribution is -0.149. The monoisotopic (exact) mass is 340 g/mol. The number of nitrogens with zero attached hydrogens (tertiary/aromatic N) is 2. The van der Waals surface area contributed by atoms with Crippen molar-refractivity contribution >= 4 is 17.6 Å². The molecule has 0 N–H and O–H groups in total. The van der Waals surface area contributed by atoms with E-state index in [1.54, 1.807) is 0 Å². The summed E-state index contributed by atoms with van der Waals surface area (Å²) in [5.74, 6) is 1.33. The van der Waals surface area contributed by atoms with Gasteiger partial charge < -0.3 is 9.64 Å². The molecular formula is C20H24N2O3. The van der Waals surface area contributed by atoms with Crippen LogP contribution >= 0.6 is 0 Å². The zero-order valence-electron chi connectivity index (χ0n) is 14.4. The Morgan fingerprint density at radius 1 is 1.20 bits per heavy atom. The van der Waals surface area contributed by atoms with E-state index in [4.69, 9.17) is 10.00 Å². The van der Waals surface area contributed by atoms with Gasteiger partial charge in [0.05, 0.1) is 12.5 Å². The fourth-order valence-corrected chi connectivity index (χ4v) is 4.29. The molecule has 0 spiro atoms. The van der Waals surface area contributed by atoms with Gasteiger partial charge in [-0.15, -0.1) is 0 Å². The third kappa shape index (κ3) is 4.39. The number of nitriles is 1. The summed E-state index contributed by atoms with van der Waals surface area (Å²) >= 11 is 0. The first-order chi connectivity index (χ1) is 12.2. The summed E-state index contributed by atoms with van der Waals surface area (Å²) in [5, 5.41) is 8.80. The van der Waals surface area contributed by atoms with E-state index in [2.05, 4.69) is 0 Å². The van der Waals surface area contributed by atoms with Crippen LogP contribution in [-0.2, 0) is 14.3 Å². The second kappa shape index (κ2) is 8.15. The number of amides is 1. The number of benzene rings is 1. The number of ether oxygens (including phenoxy) is 1. The number of carbonyl (C=O) groups is 2. The number of rotatable bonds is 7. The van der Waals surface area contributed by atoms with Crippen LogP contribution in [0.25, 0.3) is 0 Å². The molecule has 3 rings (SSSR count). The lowest BCUT2D eigenvalue weighted by atomic mass is 9.86. The summed E-state index contributed by atoms with van der Waals surface area (Å²) in [6.07, 6.45) is 5.59. The molecule has 0 aliphatic heterocycles. The van der Waals surface area contributed by atoms with Gasteiger partial charge in [-0.05, 0) is 49.1 Å². The van der Waals surface area contributed by atoms with Crippen LogP contribution in [0.3, 0.4) is 0 Å². The SMILES string of the molecule is N#CCCN(C(=O)COC(=O)C[C@@H]1C[C@H]2CC[C@@H]1C2)c1ccccc1. The van der Waals surface area contributed by atoms with Crippen LogP contribution in [0.4, 0.5) is 5.69 Å². The third-order valence-electron chi connectivity index (χ3n) is 5.49. The molecule has 0 aromatic heterocycles. The predicted octanol–water partition coefficient (Wildman–Crippen LogP) is 3.30. The highest BCUT2D eigenvalue weighted by Crippen LogP contribution is 2.49. The van der Waals surface area contributed by atoms with E-state index in [1.807, 2.05) is 36.4 Å². The normalized spacial score (nSPS) is 23.9. The first-order valence-corrected chi connectivity index (χ1v) is 9.05. The maximum absolute atomic E-state index is 12.5. The van der Waals surface area contributed by atoms with Gasteiger partial charge in [-0.2, -0.15) is 5.26 Å².